The molecule has 0 spiro atoms. The van der Waals surface area contributed by atoms with Crippen LogP contribution < -0.4 is 0 Å². The van der Waals surface area contributed by atoms with Gasteiger partial charge in [0.25, 0.3) is 0 Å². The molecule has 0 heterocycles. The smallest absolute Gasteiger partial charge is 0.116 e. The average molecular weight is 161 g/mol. The molecule has 10 heavy (non-hydrogen) atoms. The molecule has 2 heteroatoms. The molecule has 49 valence electrons. The first-order chi connectivity index (χ1) is 4.18. The topological polar surface area (TPSA) is 20.2 Å². The van der Waals surface area contributed by atoms with Gasteiger partial charge in [-0.05, 0) is 37.1 Å². The van der Waals surface area contributed by atoms with Gasteiger partial charge in [0.2, 0.25) is 0 Å². The molecular formula is C8H10KO. The summed E-state index contributed by atoms with van der Waals surface area (Å²) in [7, 11) is 0. The zero-order chi connectivity index (χ0) is 6.85. The summed E-state index contributed by atoms with van der Waals surface area (Å²) in [5.41, 5.74) is 2.21. The van der Waals surface area contributed by atoms with Crippen LogP contribution in [-0.4, -0.2) is 56.5 Å². The van der Waals surface area contributed by atoms with Crippen LogP contribution in [0.3, 0.4) is 0 Å². The van der Waals surface area contributed by atoms with Gasteiger partial charge in [-0.2, -0.15) is 0 Å². The molecule has 1 aromatic carbocycles. The summed E-state index contributed by atoms with van der Waals surface area (Å²) in [6, 6.07) is 5.51. The van der Waals surface area contributed by atoms with Crippen molar-refractivity contribution in [2.24, 2.45) is 0 Å². The van der Waals surface area contributed by atoms with E-state index in [0.717, 1.165) is 11.1 Å². The molecule has 1 nitrogen and oxygen atoms in total. The molecule has 0 saturated heterocycles. The second-order valence-corrected chi connectivity index (χ2v) is 2.35. The van der Waals surface area contributed by atoms with Gasteiger partial charge in [-0.3, -0.25) is 0 Å². The second kappa shape index (κ2) is 4.52. The SMILES string of the molecule is Cc1cc(C)cc(O)c1.[K]. The predicted molar refractivity (Wildman–Crippen MR) is 43.3 cm³/mol. The third-order valence-corrected chi connectivity index (χ3v) is 1.21. The monoisotopic (exact) mass is 161 g/mol. The van der Waals surface area contributed by atoms with E-state index in [2.05, 4.69) is 0 Å². The minimum absolute atomic E-state index is 0. The number of hydrogen-bond acceptors (Lipinski definition) is 1. The molecule has 1 rings (SSSR count). The van der Waals surface area contributed by atoms with Gasteiger partial charge in [-0.15, -0.1) is 0 Å². The third-order valence-electron chi connectivity index (χ3n) is 1.21. The molecule has 0 aliphatic heterocycles. The molecule has 0 aliphatic carbocycles. The first-order valence-electron chi connectivity index (χ1n) is 2.96. The van der Waals surface area contributed by atoms with Crippen molar-refractivity contribution in [3.05, 3.63) is 29.3 Å². The van der Waals surface area contributed by atoms with Crippen LogP contribution in [0, 0.1) is 13.8 Å². The van der Waals surface area contributed by atoms with Crippen molar-refractivity contribution in [2.75, 3.05) is 0 Å². The van der Waals surface area contributed by atoms with Gasteiger partial charge < -0.3 is 5.11 Å². The standard InChI is InChI=1S/C8H10O.K/c1-6-3-7(2)5-8(9)4-6;/h3-5,9H,1-2H3;. The Morgan fingerprint density at radius 2 is 1.40 bits per heavy atom. The second-order valence-electron chi connectivity index (χ2n) is 2.35. The Morgan fingerprint density at radius 1 is 1.00 bits per heavy atom. The van der Waals surface area contributed by atoms with Crippen LogP contribution in [0.25, 0.3) is 0 Å². The molecule has 0 fully saturated rings. The predicted octanol–water partition coefficient (Wildman–Crippen LogP) is 1.63. The maximum atomic E-state index is 8.99. The largest absolute Gasteiger partial charge is 0.508 e. The van der Waals surface area contributed by atoms with Gasteiger partial charge in [0.15, 0.2) is 0 Å². The van der Waals surface area contributed by atoms with E-state index in [-0.39, 0.29) is 51.4 Å². The Hall–Kier alpha value is 0.656. The van der Waals surface area contributed by atoms with Crippen LogP contribution in [0.15, 0.2) is 18.2 Å². The maximum absolute atomic E-state index is 8.99. The van der Waals surface area contributed by atoms with Crippen molar-refractivity contribution in [2.45, 2.75) is 13.8 Å². The minimum atomic E-state index is 0. The third kappa shape index (κ3) is 3.17. The molecule has 1 N–H and O–H groups in total. The zero-order valence-corrected chi connectivity index (χ0v) is 9.80. The summed E-state index contributed by atoms with van der Waals surface area (Å²) < 4.78 is 0. The van der Waals surface area contributed by atoms with E-state index in [9.17, 15) is 0 Å². The molecule has 1 aromatic rings. The Kier molecular flexibility index (Phi) is 4.81. The number of phenols is 1. The van der Waals surface area contributed by atoms with Crippen molar-refractivity contribution in [1.82, 2.24) is 0 Å². The Bertz CT molecular complexity index is 170. The average Bonchev–Trinajstić information content (AvgIpc) is 1.59. The molecule has 0 unspecified atom stereocenters. The number of aryl methyl sites for hydroxylation is 2. The molecule has 0 amide bonds. The van der Waals surface area contributed by atoms with Crippen molar-refractivity contribution in [3.63, 3.8) is 0 Å². The molecule has 0 bridgehead atoms. The van der Waals surface area contributed by atoms with E-state index in [1.165, 1.54) is 0 Å². The maximum Gasteiger partial charge on any atom is 0.116 e. The van der Waals surface area contributed by atoms with Crippen LogP contribution in [0.5, 0.6) is 5.75 Å². The summed E-state index contributed by atoms with van der Waals surface area (Å²) in [5.74, 6) is 0.354. The Morgan fingerprint density at radius 3 is 1.70 bits per heavy atom. The fourth-order valence-electron chi connectivity index (χ4n) is 0.951. The first kappa shape index (κ1) is 10.7. The van der Waals surface area contributed by atoms with E-state index in [1.807, 2.05) is 19.9 Å². The summed E-state index contributed by atoms with van der Waals surface area (Å²) in [5, 5.41) is 8.99. The first-order valence-corrected chi connectivity index (χ1v) is 2.96. The van der Waals surface area contributed by atoms with Gasteiger partial charge >= 0.3 is 0 Å². The number of hydrogen-bond donors (Lipinski definition) is 1. The van der Waals surface area contributed by atoms with Gasteiger partial charge in [-0.1, -0.05) is 6.07 Å². The van der Waals surface area contributed by atoms with Crippen LogP contribution in [-0.2, 0) is 0 Å². The molecule has 0 atom stereocenters. The number of aromatic hydroxyl groups is 1. The summed E-state index contributed by atoms with van der Waals surface area (Å²) in [4.78, 5) is 0. The molecular weight excluding hydrogens is 151 g/mol. The molecule has 1 radical (unpaired) electrons. The number of rotatable bonds is 0. The summed E-state index contributed by atoms with van der Waals surface area (Å²) in [6.45, 7) is 3.93. The zero-order valence-electron chi connectivity index (χ0n) is 6.68. The van der Waals surface area contributed by atoms with Gasteiger partial charge in [-0.25, -0.2) is 0 Å². The quantitative estimate of drug-likeness (QED) is 0.573. The van der Waals surface area contributed by atoms with E-state index < -0.39 is 0 Å². The normalized spacial score (nSPS) is 8.60. The van der Waals surface area contributed by atoms with Crippen molar-refractivity contribution in [1.29, 1.82) is 0 Å². The fourth-order valence-corrected chi connectivity index (χ4v) is 0.951. The molecule has 0 aliphatic rings. The molecule has 0 aromatic heterocycles. The molecule has 0 saturated carbocycles. The van der Waals surface area contributed by atoms with Gasteiger partial charge in [0, 0.05) is 51.4 Å². The fraction of sp³-hybridized carbons (Fsp3) is 0.250. The van der Waals surface area contributed by atoms with Crippen molar-refractivity contribution >= 4 is 51.4 Å². The Balaban J connectivity index is 0.000000810. The van der Waals surface area contributed by atoms with Crippen molar-refractivity contribution in [3.8, 4) is 5.75 Å². The van der Waals surface area contributed by atoms with E-state index in [0.29, 0.717) is 5.75 Å². The summed E-state index contributed by atoms with van der Waals surface area (Å²) in [6.07, 6.45) is 0. The van der Waals surface area contributed by atoms with Crippen molar-refractivity contribution < 1.29 is 5.11 Å². The van der Waals surface area contributed by atoms with E-state index in [4.69, 9.17) is 5.11 Å². The van der Waals surface area contributed by atoms with Crippen LogP contribution in [0.2, 0.25) is 0 Å². The van der Waals surface area contributed by atoms with Crippen LogP contribution >= 0.6 is 0 Å². The number of phenolic OH excluding ortho intramolecular Hbond substituents is 1. The summed E-state index contributed by atoms with van der Waals surface area (Å²) >= 11 is 0. The minimum Gasteiger partial charge on any atom is -0.508 e. The van der Waals surface area contributed by atoms with E-state index >= 15 is 0 Å². The number of benzene rings is 1. The van der Waals surface area contributed by atoms with Crippen LogP contribution in [0.4, 0.5) is 0 Å². The Labute approximate surface area is 104 Å². The van der Waals surface area contributed by atoms with Crippen LogP contribution in [0.1, 0.15) is 11.1 Å². The van der Waals surface area contributed by atoms with E-state index in [1.54, 1.807) is 12.1 Å². The van der Waals surface area contributed by atoms with Gasteiger partial charge in [0.05, 0.1) is 0 Å². The van der Waals surface area contributed by atoms with Gasteiger partial charge in [0.1, 0.15) is 5.75 Å².